The lowest BCUT2D eigenvalue weighted by atomic mass is 10.1. The molecule has 0 spiro atoms. The van der Waals surface area contributed by atoms with Crippen LogP contribution in [0, 0.1) is 0 Å². The van der Waals surface area contributed by atoms with Gasteiger partial charge in [0.2, 0.25) is 5.91 Å². The van der Waals surface area contributed by atoms with Crippen molar-refractivity contribution in [3.05, 3.63) is 65.2 Å². The van der Waals surface area contributed by atoms with Gasteiger partial charge in [-0.2, -0.15) is 0 Å². The number of hydrogen-bond donors (Lipinski definition) is 1. The normalized spacial score (nSPS) is 17.5. The number of ether oxygens (including phenoxy) is 1. The quantitative estimate of drug-likeness (QED) is 0.715. The number of hydrogen-bond acceptors (Lipinski definition) is 4. The van der Waals surface area contributed by atoms with Gasteiger partial charge in [-0.3, -0.25) is 14.6 Å². The molecule has 0 saturated carbocycles. The molecule has 5 nitrogen and oxygen atoms in total. The summed E-state index contributed by atoms with van der Waals surface area (Å²) in [6.45, 7) is 9.08. The molecule has 2 atom stereocenters. The molecule has 0 bridgehead atoms. The summed E-state index contributed by atoms with van der Waals surface area (Å²) in [5.41, 5.74) is 1.12. The Morgan fingerprint density at radius 3 is 2.38 bits per heavy atom. The Balaban J connectivity index is 1.39. The van der Waals surface area contributed by atoms with Crippen LogP contribution in [0.3, 0.4) is 0 Å². The van der Waals surface area contributed by atoms with E-state index in [4.69, 9.17) is 16.3 Å². The van der Waals surface area contributed by atoms with Crippen molar-refractivity contribution in [1.82, 2.24) is 15.1 Å². The summed E-state index contributed by atoms with van der Waals surface area (Å²) in [5.74, 6) is 0.808. The minimum absolute atomic E-state index is 0.00870. The van der Waals surface area contributed by atoms with Crippen LogP contribution in [0.4, 0.5) is 0 Å². The first-order chi connectivity index (χ1) is 14.0. The summed E-state index contributed by atoms with van der Waals surface area (Å²) in [6, 6.07) is 17.5. The molecule has 3 rings (SSSR count). The maximum absolute atomic E-state index is 12.7. The second-order valence-corrected chi connectivity index (χ2v) is 7.88. The number of benzene rings is 2. The van der Waals surface area contributed by atoms with Crippen molar-refractivity contribution in [2.75, 3.05) is 39.3 Å². The molecule has 1 fully saturated rings. The zero-order valence-corrected chi connectivity index (χ0v) is 17.9. The molecule has 0 aromatic heterocycles. The topological polar surface area (TPSA) is 44.8 Å². The summed E-state index contributed by atoms with van der Waals surface area (Å²) < 4.78 is 5.79. The lowest BCUT2D eigenvalue weighted by Gasteiger charge is -2.37. The minimum Gasteiger partial charge on any atom is -0.491 e. The number of nitrogens with one attached hydrogen (secondary N) is 1. The molecule has 2 unspecified atom stereocenters. The van der Waals surface area contributed by atoms with Gasteiger partial charge in [-0.1, -0.05) is 54.1 Å². The van der Waals surface area contributed by atoms with E-state index in [-0.39, 0.29) is 18.0 Å². The molecule has 6 heteroatoms. The SMILES string of the molecule is CC(NC(=O)C(C)N1CCN(CCOc2ccccc2Cl)CC1)c1ccccc1. The van der Waals surface area contributed by atoms with E-state index in [2.05, 4.69) is 15.1 Å². The molecule has 156 valence electrons. The molecule has 1 saturated heterocycles. The lowest BCUT2D eigenvalue weighted by Crippen LogP contribution is -2.54. The largest absolute Gasteiger partial charge is 0.491 e. The molecule has 0 radical (unpaired) electrons. The van der Waals surface area contributed by atoms with E-state index in [1.807, 2.05) is 68.4 Å². The monoisotopic (exact) mass is 415 g/mol. The van der Waals surface area contributed by atoms with Gasteiger partial charge in [0.1, 0.15) is 12.4 Å². The number of carbonyl (C=O) groups is 1. The summed E-state index contributed by atoms with van der Waals surface area (Å²) in [4.78, 5) is 17.3. The molecule has 1 amide bonds. The van der Waals surface area contributed by atoms with E-state index < -0.39 is 0 Å². The van der Waals surface area contributed by atoms with Crippen molar-refractivity contribution in [2.45, 2.75) is 25.9 Å². The Labute approximate surface area is 178 Å². The standard InChI is InChI=1S/C23H30ClN3O2/c1-18(20-8-4-3-5-9-20)25-23(28)19(2)27-14-12-26(13-15-27)16-17-29-22-11-7-6-10-21(22)24/h3-11,18-19H,12-17H2,1-2H3,(H,25,28). The first kappa shape index (κ1) is 21.6. The minimum atomic E-state index is -0.136. The summed E-state index contributed by atoms with van der Waals surface area (Å²) in [5, 5.41) is 3.78. The molecule has 1 heterocycles. The number of carbonyl (C=O) groups excluding carboxylic acids is 1. The molecule has 1 aliphatic rings. The van der Waals surface area contributed by atoms with Crippen LogP contribution >= 0.6 is 11.6 Å². The summed E-state index contributed by atoms with van der Waals surface area (Å²) in [6.07, 6.45) is 0. The molecule has 2 aromatic carbocycles. The van der Waals surface area contributed by atoms with Gasteiger partial charge in [0.25, 0.3) is 0 Å². The zero-order valence-electron chi connectivity index (χ0n) is 17.2. The van der Waals surface area contributed by atoms with E-state index in [1.54, 1.807) is 0 Å². The van der Waals surface area contributed by atoms with Gasteiger partial charge in [-0.25, -0.2) is 0 Å². The fraction of sp³-hybridized carbons (Fsp3) is 0.435. The summed E-state index contributed by atoms with van der Waals surface area (Å²) >= 11 is 6.12. The molecule has 2 aromatic rings. The average molecular weight is 416 g/mol. The Hall–Kier alpha value is -2.08. The molecule has 1 aliphatic heterocycles. The highest BCUT2D eigenvalue weighted by Gasteiger charge is 2.26. The molecular formula is C23H30ClN3O2. The predicted molar refractivity (Wildman–Crippen MR) is 117 cm³/mol. The van der Waals surface area contributed by atoms with Crippen molar-refractivity contribution in [3.63, 3.8) is 0 Å². The fourth-order valence-electron chi connectivity index (χ4n) is 3.55. The van der Waals surface area contributed by atoms with Gasteiger partial charge in [-0.05, 0) is 31.5 Å². The van der Waals surface area contributed by atoms with Crippen LogP contribution in [0.5, 0.6) is 5.75 Å². The van der Waals surface area contributed by atoms with Crippen molar-refractivity contribution in [1.29, 1.82) is 0 Å². The second-order valence-electron chi connectivity index (χ2n) is 7.47. The van der Waals surface area contributed by atoms with Gasteiger partial charge in [0, 0.05) is 32.7 Å². The lowest BCUT2D eigenvalue weighted by molar-refractivity contribution is -0.127. The molecular weight excluding hydrogens is 386 g/mol. The van der Waals surface area contributed by atoms with E-state index >= 15 is 0 Å². The van der Waals surface area contributed by atoms with Gasteiger partial charge in [0.15, 0.2) is 0 Å². The maximum atomic E-state index is 12.7. The number of piperazine rings is 1. The van der Waals surface area contributed by atoms with Crippen LogP contribution in [-0.4, -0.2) is 61.1 Å². The third-order valence-electron chi connectivity index (χ3n) is 5.49. The highest BCUT2D eigenvalue weighted by Crippen LogP contribution is 2.23. The Bertz CT molecular complexity index is 779. The Kier molecular flexibility index (Phi) is 7.92. The zero-order chi connectivity index (χ0) is 20.6. The number of nitrogens with zero attached hydrogens (tertiary/aromatic N) is 2. The van der Waals surface area contributed by atoms with Crippen molar-refractivity contribution >= 4 is 17.5 Å². The number of amides is 1. The smallest absolute Gasteiger partial charge is 0.237 e. The van der Waals surface area contributed by atoms with Crippen molar-refractivity contribution in [3.8, 4) is 5.75 Å². The van der Waals surface area contributed by atoms with Crippen molar-refractivity contribution < 1.29 is 9.53 Å². The van der Waals surface area contributed by atoms with Gasteiger partial charge >= 0.3 is 0 Å². The third-order valence-corrected chi connectivity index (χ3v) is 5.81. The number of para-hydroxylation sites is 1. The van der Waals surface area contributed by atoms with Crippen molar-refractivity contribution in [2.24, 2.45) is 0 Å². The highest BCUT2D eigenvalue weighted by molar-refractivity contribution is 6.32. The molecule has 0 aliphatic carbocycles. The average Bonchev–Trinajstić information content (AvgIpc) is 2.75. The Morgan fingerprint density at radius 1 is 1.03 bits per heavy atom. The first-order valence-corrected chi connectivity index (χ1v) is 10.6. The maximum Gasteiger partial charge on any atom is 0.237 e. The van der Waals surface area contributed by atoms with E-state index in [1.165, 1.54) is 0 Å². The van der Waals surface area contributed by atoms with Crippen LogP contribution in [0.15, 0.2) is 54.6 Å². The van der Waals surface area contributed by atoms with E-state index in [0.717, 1.165) is 44.0 Å². The van der Waals surface area contributed by atoms with Crippen LogP contribution in [0.1, 0.15) is 25.5 Å². The molecule has 1 N–H and O–H groups in total. The van der Waals surface area contributed by atoms with Gasteiger partial charge in [-0.15, -0.1) is 0 Å². The van der Waals surface area contributed by atoms with Gasteiger partial charge in [0.05, 0.1) is 17.1 Å². The van der Waals surface area contributed by atoms with Crippen LogP contribution in [-0.2, 0) is 4.79 Å². The first-order valence-electron chi connectivity index (χ1n) is 10.2. The van der Waals surface area contributed by atoms with E-state index in [9.17, 15) is 4.79 Å². The van der Waals surface area contributed by atoms with Crippen LogP contribution < -0.4 is 10.1 Å². The highest BCUT2D eigenvalue weighted by atomic mass is 35.5. The summed E-state index contributed by atoms with van der Waals surface area (Å²) in [7, 11) is 0. The second kappa shape index (κ2) is 10.6. The van der Waals surface area contributed by atoms with Crippen LogP contribution in [0.25, 0.3) is 0 Å². The molecule has 29 heavy (non-hydrogen) atoms. The fourth-order valence-corrected chi connectivity index (χ4v) is 3.74. The predicted octanol–water partition coefficient (Wildman–Crippen LogP) is 3.60. The van der Waals surface area contributed by atoms with Gasteiger partial charge < -0.3 is 10.1 Å². The third kappa shape index (κ3) is 6.20. The van der Waals surface area contributed by atoms with E-state index in [0.29, 0.717) is 11.6 Å². The van der Waals surface area contributed by atoms with Crippen LogP contribution in [0.2, 0.25) is 5.02 Å². The number of rotatable bonds is 8. The Morgan fingerprint density at radius 2 is 1.69 bits per heavy atom. The number of halogens is 1.